The third kappa shape index (κ3) is 2.14. The van der Waals surface area contributed by atoms with E-state index in [1.165, 1.54) is 0 Å². The molecule has 2 fully saturated rings. The van der Waals surface area contributed by atoms with Crippen LogP contribution in [0.1, 0.15) is 29.6 Å². The molecule has 2 unspecified atom stereocenters. The molecular weight excluding hydrogens is 266 g/mol. The van der Waals surface area contributed by atoms with Gasteiger partial charge >= 0.3 is 0 Å². The van der Waals surface area contributed by atoms with Crippen molar-refractivity contribution in [2.75, 3.05) is 18.9 Å². The van der Waals surface area contributed by atoms with E-state index in [-0.39, 0.29) is 29.3 Å². The van der Waals surface area contributed by atoms with E-state index in [1.807, 2.05) is 0 Å². The maximum Gasteiger partial charge on any atom is 0.256 e. The van der Waals surface area contributed by atoms with E-state index in [2.05, 4.69) is 0 Å². The van der Waals surface area contributed by atoms with Crippen LogP contribution in [0.3, 0.4) is 0 Å². The van der Waals surface area contributed by atoms with E-state index in [1.54, 1.807) is 4.90 Å². The molecule has 1 aromatic rings. The van der Waals surface area contributed by atoms with Gasteiger partial charge in [0.2, 0.25) is 0 Å². The van der Waals surface area contributed by atoms with Crippen LogP contribution in [0.15, 0.2) is 12.1 Å². The Morgan fingerprint density at radius 2 is 2.05 bits per heavy atom. The molecule has 0 spiro atoms. The Morgan fingerprint density at radius 3 is 2.85 bits per heavy atom. The molecule has 0 radical (unpaired) electrons. The molecule has 1 aliphatic heterocycles. The number of fused-ring (bicyclic) bond motifs is 1. The Kier molecular flexibility index (Phi) is 3.33. The van der Waals surface area contributed by atoms with Crippen LogP contribution < -0.4 is 5.73 Å². The summed E-state index contributed by atoms with van der Waals surface area (Å²) in [7, 11) is 0. The number of rotatable bonds is 1. The molecule has 20 heavy (non-hydrogen) atoms. The number of nitrogens with two attached hydrogens (primary N) is 1. The molecule has 1 saturated carbocycles. The number of benzene rings is 1. The summed E-state index contributed by atoms with van der Waals surface area (Å²) in [6.45, 7) is 0.926. The average molecular weight is 282 g/mol. The van der Waals surface area contributed by atoms with Crippen LogP contribution in [-0.4, -0.2) is 36.1 Å². The number of carbonyl (C=O) groups is 1. The molecule has 1 aromatic carbocycles. The number of nitrogen functional groups attached to an aromatic ring is 1. The third-order valence-corrected chi connectivity index (χ3v) is 4.07. The van der Waals surface area contributed by atoms with Crippen molar-refractivity contribution in [1.82, 2.24) is 4.90 Å². The van der Waals surface area contributed by atoms with Crippen LogP contribution in [-0.2, 0) is 4.74 Å². The highest BCUT2D eigenvalue weighted by atomic mass is 19.2. The summed E-state index contributed by atoms with van der Waals surface area (Å²) < 4.78 is 32.0. The standard InChI is InChI=1S/C14H16F2N2O2/c15-9-6-8(11(17)7-10(9)16)14(19)18-4-5-20-13-3-1-2-12(13)18/h6-7,12-13H,1-5,17H2. The summed E-state index contributed by atoms with van der Waals surface area (Å²) in [6.07, 6.45) is 2.87. The van der Waals surface area contributed by atoms with Gasteiger partial charge in [-0.15, -0.1) is 0 Å². The van der Waals surface area contributed by atoms with E-state index in [4.69, 9.17) is 10.5 Å². The first-order valence-corrected chi connectivity index (χ1v) is 6.75. The van der Waals surface area contributed by atoms with Crippen molar-refractivity contribution in [3.8, 4) is 0 Å². The molecule has 1 amide bonds. The number of nitrogens with zero attached hydrogens (tertiary/aromatic N) is 1. The monoisotopic (exact) mass is 282 g/mol. The second-order valence-corrected chi connectivity index (χ2v) is 5.26. The Bertz CT molecular complexity index is 550. The highest BCUT2D eigenvalue weighted by Gasteiger charge is 2.39. The molecule has 1 heterocycles. The molecule has 0 bridgehead atoms. The SMILES string of the molecule is Nc1cc(F)c(F)cc1C(=O)N1CCOC2CCCC21. The lowest BCUT2D eigenvalue weighted by Crippen LogP contribution is -2.51. The van der Waals surface area contributed by atoms with E-state index in [9.17, 15) is 13.6 Å². The zero-order chi connectivity index (χ0) is 14.3. The highest BCUT2D eigenvalue weighted by Crippen LogP contribution is 2.31. The number of morpholine rings is 1. The molecule has 2 aliphatic rings. The number of amides is 1. The van der Waals surface area contributed by atoms with Gasteiger partial charge in [-0.05, 0) is 25.3 Å². The number of hydrogen-bond acceptors (Lipinski definition) is 3. The summed E-state index contributed by atoms with van der Waals surface area (Å²) >= 11 is 0. The first-order valence-electron chi connectivity index (χ1n) is 6.75. The topological polar surface area (TPSA) is 55.6 Å². The van der Waals surface area contributed by atoms with E-state index in [0.717, 1.165) is 31.4 Å². The molecule has 1 saturated heterocycles. The quantitative estimate of drug-likeness (QED) is 0.801. The van der Waals surface area contributed by atoms with Crippen molar-refractivity contribution >= 4 is 11.6 Å². The summed E-state index contributed by atoms with van der Waals surface area (Å²) in [4.78, 5) is 14.2. The average Bonchev–Trinajstić information content (AvgIpc) is 2.90. The molecule has 2 N–H and O–H groups in total. The van der Waals surface area contributed by atoms with E-state index >= 15 is 0 Å². The molecule has 0 aromatic heterocycles. The molecule has 108 valence electrons. The van der Waals surface area contributed by atoms with Crippen molar-refractivity contribution in [3.63, 3.8) is 0 Å². The summed E-state index contributed by atoms with van der Waals surface area (Å²) in [6, 6.07) is 1.76. The van der Waals surface area contributed by atoms with Gasteiger partial charge in [0.1, 0.15) is 0 Å². The van der Waals surface area contributed by atoms with Crippen LogP contribution in [0.25, 0.3) is 0 Å². The van der Waals surface area contributed by atoms with Gasteiger partial charge in [-0.25, -0.2) is 8.78 Å². The van der Waals surface area contributed by atoms with Crippen molar-refractivity contribution in [3.05, 3.63) is 29.3 Å². The van der Waals surface area contributed by atoms with Crippen LogP contribution in [0, 0.1) is 11.6 Å². The van der Waals surface area contributed by atoms with Crippen molar-refractivity contribution in [1.29, 1.82) is 0 Å². The van der Waals surface area contributed by atoms with Gasteiger partial charge in [0.05, 0.1) is 24.3 Å². The van der Waals surface area contributed by atoms with Crippen molar-refractivity contribution in [2.45, 2.75) is 31.4 Å². The Hall–Kier alpha value is -1.69. The smallest absolute Gasteiger partial charge is 0.256 e. The number of hydrogen-bond donors (Lipinski definition) is 1. The number of anilines is 1. The molecule has 6 heteroatoms. The Morgan fingerprint density at radius 1 is 1.30 bits per heavy atom. The van der Waals surface area contributed by atoms with E-state index in [0.29, 0.717) is 13.2 Å². The van der Waals surface area contributed by atoms with E-state index < -0.39 is 11.6 Å². The number of halogens is 2. The predicted molar refractivity (Wildman–Crippen MR) is 69.2 cm³/mol. The van der Waals surface area contributed by atoms with Crippen molar-refractivity contribution < 1.29 is 18.3 Å². The Balaban J connectivity index is 1.90. The second-order valence-electron chi connectivity index (χ2n) is 5.26. The number of carbonyl (C=O) groups excluding carboxylic acids is 1. The molecular formula is C14H16F2N2O2. The van der Waals surface area contributed by atoms with Crippen LogP contribution in [0.2, 0.25) is 0 Å². The first-order chi connectivity index (χ1) is 9.58. The molecule has 4 nitrogen and oxygen atoms in total. The fraction of sp³-hybridized carbons (Fsp3) is 0.500. The van der Waals surface area contributed by atoms with Gasteiger partial charge < -0.3 is 15.4 Å². The molecule has 1 aliphatic carbocycles. The first kappa shape index (κ1) is 13.3. The highest BCUT2D eigenvalue weighted by molar-refractivity contribution is 5.99. The summed E-state index contributed by atoms with van der Waals surface area (Å²) in [5.74, 6) is -2.44. The maximum atomic E-state index is 13.3. The zero-order valence-corrected chi connectivity index (χ0v) is 10.9. The van der Waals surface area contributed by atoms with Crippen LogP contribution in [0.4, 0.5) is 14.5 Å². The van der Waals surface area contributed by atoms with Crippen LogP contribution in [0.5, 0.6) is 0 Å². The molecule has 3 rings (SSSR count). The van der Waals surface area contributed by atoms with Gasteiger partial charge in [0, 0.05) is 18.3 Å². The molecule has 2 atom stereocenters. The lowest BCUT2D eigenvalue weighted by Gasteiger charge is -2.37. The van der Waals surface area contributed by atoms with Gasteiger partial charge in [0.15, 0.2) is 11.6 Å². The fourth-order valence-electron chi connectivity index (χ4n) is 3.08. The minimum Gasteiger partial charge on any atom is -0.398 e. The predicted octanol–water partition coefficient (Wildman–Crippen LogP) is 1.94. The van der Waals surface area contributed by atoms with Crippen LogP contribution >= 0.6 is 0 Å². The normalized spacial score (nSPS) is 25.6. The zero-order valence-electron chi connectivity index (χ0n) is 10.9. The van der Waals surface area contributed by atoms with Gasteiger partial charge in [-0.3, -0.25) is 4.79 Å². The Labute approximate surface area is 115 Å². The van der Waals surface area contributed by atoms with Gasteiger partial charge in [-0.2, -0.15) is 0 Å². The third-order valence-electron chi connectivity index (χ3n) is 4.07. The second kappa shape index (κ2) is 5.01. The lowest BCUT2D eigenvalue weighted by molar-refractivity contribution is -0.0445. The maximum absolute atomic E-state index is 13.3. The summed E-state index contributed by atoms with van der Waals surface area (Å²) in [5.41, 5.74) is 5.64. The van der Waals surface area contributed by atoms with Gasteiger partial charge in [0.25, 0.3) is 5.91 Å². The minimum atomic E-state index is -1.06. The minimum absolute atomic E-state index is 0.0174. The lowest BCUT2D eigenvalue weighted by atomic mass is 10.1. The fourth-order valence-corrected chi connectivity index (χ4v) is 3.08. The van der Waals surface area contributed by atoms with Gasteiger partial charge in [-0.1, -0.05) is 0 Å². The summed E-state index contributed by atoms with van der Waals surface area (Å²) in [5, 5.41) is 0. The van der Waals surface area contributed by atoms with Crippen molar-refractivity contribution in [2.24, 2.45) is 0 Å². The largest absolute Gasteiger partial charge is 0.398 e. The number of ether oxygens (including phenoxy) is 1.